The second-order valence-electron chi connectivity index (χ2n) is 4.07. The van der Waals surface area contributed by atoms with Crippen LogP contribution in [0.1, 0.15) is 11.7 Å². The van der Waals surface area contributed by atoms with Crippen LogP contribution in [0.25, 0.3) is 0 Å². The van der Waals surface area contributed by atoms with Gasteiger partial charge in [0.2, 0.25) is 0 Å². The summed E-state index contributed by atoms with van der Waals surface area (Å²) in [6.07, 6.45) is 1.97. The second kappa shape index (κ2) is 2.41. The van der Waals surface area contributed by atoms with Gasteiger partial charge in [-0.1, -0.05) is 5.21 Å². The number of aliphatic hydroxyl groups excluding tert-OH is 1. The number of hydrogen-bond donors (Lipinski definition) is 1. The molecule has 1 N–H and O–H groups in total. The SMILES string of the molecule is BC[C@]12OC(B)C(C1O)n1nncc12. The monoisotopic (exact) mass is 191 g/mol. The molecule has 2 aliphatic rings. The highest BCUT2D eigenvalue weighted by Crippen LogP contribution is 2.52. The van der Waals surface area contributed by atoms with E-state index in [2.05, 4.69) is 10.3 Å². The summed E-state index contributed by atoms with van der Waals surface area (Å²) in [5.74, 6) is 0. The van der Waals surface area contributed by atoms with E-state index >= 15 is 0 Å². The normalized spacial score (nSPS) is 44.2. The number of nitrogens with zero attached hydrogens (tertiary/aromatic N) is 3. The van der Waals surface area contributed by atoms with Crippen molar-refractivity contribution in [2.75, 3.05) is 0 Å². The molecule has 4 atom stereocenters. The topological polar surface area (TPSA) is 60.2 Å². The molecular formula is C7H11B2N3O2. The summed E-state index contributed by atoms with van der Waals surface area (Å²) in [6, 6.07) is -0.0494. The Morgan fingerprint density at radius 3 is 3.21 bits per heavy atom. The van der Waals surface area contributed by atoms with Crippen molar-refractivity contribution >= 4 is 15.7 Å². The molecule has 0 aliphatic carbocycles. The Kier molecular flexibility index (Phi) is 1.46. The summed E-state index contributed by atoms with van der Waals surface area (Å²) in [5.41, 5.74) is 0.351. The van der Waals surface area contributed by atoms with Crippen molar-refractivity contribution in [3.05, 3.63) is 11.9 Å². The Morgan fingerprint density at radius 2 is 2.50 bits per heavy atom. The standard InChI is InChI=1S/C7H11B2N3O2/c8-2-7-3-1-10-11-12(3)4(5(7)13)6(9)14-7/h1,4-6,13H,2,8-9H2/t4?,5?,6?,7-/m1/s1. The lowest BCUT2D eigenvalue weighted by molar-refractivity contribution is -0.0580. The first kappa shape index (κ1) is 8.49. The molecule has 2 aliphatic heterocycles. The lowest BCUT2D eigenvalue weighted by Crippen LogP contribution is -2.34. The average Bonchev–Trinajstić information content (AvgIpc) is 2.76. The highest BCUT2D eigenvalue weighted by atomic mass is 16.5. The summed E-state index contributed by atoms with van der Waals surface area (Å²) in [6.45, 7) is 0. The van der Waals surface area contributed by atoms with Gasteiger partial charge >= 0.3 is 0 Å². The van der Waals surface area contributed by atoms with E-state index in [0.717, 1.165) is 12.0 Å². The molecule has 1 aromatic heterocycles. The molecule has 1 fully saturated rings. The first-order chi connectivity index (χ1) is 6.70. The van der Waals surface area contributed by atoms with Crippen molar-refractivity contribution in [2.45, 2.75) is 30.1 Å². The van der Waals surface area contributed by atoms with Crippen LogP contribution in [0.5, 0.6) is 0 Å². The molecule has 2 bridgehead atoms. The van der Waals surface area contributed by atoms with E-state index in [4.69, 9.17) is 4.74 Å². The summed E-state index contributed by atoms with van der Waals surface area (Å²) in [4.78, 5) is 0. The number of aromatic nitrogens is 3. The van der Waals surface area contributed by atoms with Crippen LogP contribution in [0.4, 0.5) is 0 Å². The highest BCUT2D eigenvalue weighted by molar-refractivity contribution is 6.12. The van der Waals surface area contributed by atoms with Crippen LogP contribution in [0.15, 0.2) is 6.20 Å². The fraction of sp³-hybridized carbons (Fsp3) is 0.714. The minimum absolute atomic E-state index is 0.0131. The van der Waals surface area contributed by atoms with Crippen LogP contribution in [-0.4, -0.2) is 47.9 Å². The van der Waals surface area contributed by atoms with E-state index in [-0.39, 0.29) is 12.0 Å². The third-order valence-electron chi connectivity index (χ3n) is 3.49. The molecule has 1 aromatic rings. The van der Waals surface area contributed by atoms with Crippen LogP contribution >= 0.6 is 0 Å². The smallest absolute Gasteiger partial charge is 0.142 e. The molecule has 72 valence electrons. The molecule has 0 radical (unpaired) electrons. The number of rotatable bonds is 1. The Labute approximate surface area is 83.3 Å². The summed E-state index contributed by atoms with van der Waals surface area (Å²) in [7, 11) is 3.98. The Bertz CT molecular complexity index is 385. The van der Waals surface area contributed by atoms with Gasteiger partial charge in [0.25, 0.3) is 0 Å². The third kappa shape index (κ3) is 0.685. The van der Waals surface area contributed by atoms with Gasteiger partial charge in [0.1, 0.15) is 33.4 Å². The molecule has 5 nitrogen and oxygen atoms in total. The largest absolute Gasteiger partial charge is 0.387 e. The highest BCUT2D eigenvalue weighted by Gasteiger charge is 2.61. The lowest BCUT2D eigenvalue weighted by atomic mass is 9.81. The van der Waals surface area contributed by atoms with E-state index in [1.165, 1.54) is 0 Å². The van der Waals surface area contributed by atoms with Crippen LogP contribution in [0.3, 0.4) is 0 Å². The van der Waals surface area contributed by atoms with Gasteiger partial charge in [-0.3, -0.25) is 0 Å². The number of fused-ring (bicyclic) bond motifs is 5. The Morgan fingerprint density at radius 1 is 1.71 bits per heavy atom. The first-order valence-electron chi connectivity index (χ1n) is 4.97. The predicted molar refractivity (Wildman–Crippen MR) is 53.5 cm³/mol. The van der Waals surface area contributed by atoms with Crippen LogP contribution < -0.4 is 0 Å². The molecular weight excluding hydrogens is 180 g/mol. The van der Waals surface area contributed by atoms with Crippen LogP contribution in [0.2, 0.25) is 6.32 Å². The van der Waals surface area contributed by atoms with Gasteiger partial charge in [0, 0.05) is 0 Å². The maximum Gasteiger partial charge on any atom is 0.142 e. The summed E-state index contributed by atoms with van der Waals surface area (Å²) in [5, 5.41) is 18.0. The van der Waals surface area contributed by atoms with Gasteiger partial charge < -0.3 is 9.84 Å². The van der Waals surface area contributed by atoms with E-state index < -0.39 is 11.7 Å². The zero-order valence-corrected chi connectivity index (χ0v) is 8.21. The van der Waals surface area contributed by atoms with Gasteiger partial charge in [-0.15, -0.1) is 5.10 Å². The van der Waals surface area contributed by atoms with Crippen LogP contribution in [-0.2, 0) is 10.3 Å². The van der Waals surface area contributed by atoms with E-state index in [1.807, 2.05) is 20.4 Å². The predicted octanol–water partition coefficient (Wildman–Crippen LogP) is -2.57. The molecule has 0 aromatic carbocycles. The van der Waals surface area contributed by atoms with Crippen molar-refractivity contribution in [3.63, 3.8) is 0 Å². The molecule has 14 heavy (non-hydrogen) atoms. The number of aliphatic hydroxyl groups is 1. The van der Waals surface area contributed by atoms with Gasteiger partial charge in [-0.05, 0) is 6.32 Å². The summed E-state index contributed by atoms with van der Waals surface area (Å²) >= 11 is 0. The fourth-order valence-corrected chi connectivity index (χ4v) is 2.79. The molecule has 3 heterocycles. The molecule has 3 rings (SSSR count). The van der Waals surface area contributed by atoms with Gasteiger partial charge in [-0.2, -0.15) is 0 Å². The summed E-state index contributed by atoms with van der Waals surface area (Å²) < 4.78 is 7.65. The molecule has 1 saturated heterocycles. The number of ether oxygens (including phenoxy) is 1. The number of hydrogen-bond acceptors (Lipinski definition) is 4. The Balaban J connectivity index is 2.22. The van der Waals surface area contributed by atoms with Crippen molar-refractivity contribution in [3.8, 4) is 0 Å². The lowest BCUT2D eigenvalue weighted by Gasteiger charge is -2.28. The van der Waals surface area contributed by atoms with Gasteiger partial charge in [-0.25, -0.2) is 4.68 Å². The third-order valence-corrected chi connectivity index (χ3v) is 3.49. The van der Waals surface area contributed by atoms with Gasteiger partial charge in [0.05, 0.1) is 17.9 Å². The van der Waals surface area contributed by atoms with Crippen molar-refractivity contribution in [1.29, 1.82) is 0 Å². The molecule has 7 heteroatoms. The van der Waals surface area contributed by atoms with Gasteiger partial charge in [0.15, 0.2) is 0 Å². The maximum absolute atomic E-state index is 10.1. The first-order valence-corrected chi connectivity index (χ1v) is 4.97. The molecule has 0 spiro atoms. The Hall–Kier alpha value is -0.810. The van der Waals surface area contributed by atoms with Crippen molar-refractivity contribution < 1.29 is 9.84 Å². The zero-order chi connectivity index (χ0) is 9.92. The maximum atomic E-state index is 10.1. The van der Waals surface area contributed by atoms with Crippen molar-refractivity contribution in [1.82, 2.24) is 15.0 Å². The molecule has 0 saturated carbocycles. The molecule has 0 amide bonds. The fourth-order valence-electron chi connectivity index (χ4n) is 2.79. The van der Waals surface area contributed by atoms with E-state index in [9.17, 15) is 5.11 Å². The minimum atomic E-state index is -0.562. The van der Waals surface area contributed by atoms with E-state index in [1.54, 1.807) is 6.20 Å². The van der Waals surface area contributed by atoms with Crippen LogP contribution in [0, 0.1) is 0 Å². The van der Waals surface area contributed by atoms with Crippen molar-refractivity contribution in [2.24, 2.45) is 0 Å². The zero-order valence-electron chi connectivity index (χ0n) is 8.21. The molecule has 3 unspecified atom stereocenters. The second-order valence-corrected chi connectivity index (χ2v) is 4.07. The average molecular weight is 191 g/mol. The quantitative estimate of drug-likeness (QED) is 0.495. The minimum Gasteiger partial charge on any atom is -0.387 e. The van der Waals surface area contributed by atoms with E-state index in [0.29, 0.717) is 0 Å².